The van der Waals surface area contributed by atoms with E-state index in [2.05, 4.69) is 15.9 Å². The van der Waals surface area contributed by atoms with Crippen LogP contribution in [0.3, 0.4) is 0 Å². The Labute approximate surface area is 213 Å². The molecule has 0 radical (unpaired) electrons. The number of para-hydroxylation sites is 2. The summed E-state index contributed by atoms with van der Waals surface area (Å²) in [4.78, 5) is 38.4. The van der Waals surface area contributed by atoms with Crippen molar-refractivity contribution < 1.29 is 14.5 Å². The first-order valence-corrected chi connectivity index (χ1v) is 12.3. The van der Waals surface area contributed by atoms with Gasteiger partial charge in [0.1, 0.15) is 0 Å². The molecule has 0 atom stereocenters. The molecule has 174 valence electrons. The van der Waals surface area contributed by atoms with E-state index in [-0.39, 0.29) is 28.3 Å². The van der Waals surface area contributed by atoms with Gasteiger partial charge < -0.3 is 4.57 Å². The maximum Gasteiger partial charge on any atom is 0.293 e. The van der Waals surface area contributed by atoms with Gasteiger partial charge in [-0.15, -0.1) is 0 Å². The van der Waals surface area contributed by atoms with Crippen molar-refractivity contribution in [3.05, 3.63) is 115 Å². The van der Waals surface area contributed by atoms with E-state index in [1.807, 2.05) is 59.3 Å². The minimum Gasteiger partial charge on any atom is -0.342 e. The molecule has 1 aliphatic rings. The lowest BCUT2D eigenvalue weighted by Gasteiger charge is -2.13. The molecule has 35 heavy (non-hydrogen) atoms. The molecular weight excluding hydrogens is 530 g/mol. The zero-order chi connectivity index (χ0) is 24.5. The summed E-state index contributed by atoms with van der Waals surface area (Å²) >= 11 is 4.38. The normalized spacial score (nSPS) is 14.9. The monoisotopic (exact) mass is 547 g/mol. The van der Waals surface area contributed by atoms with E-state index in [4.69, 9.17) is 0 Å². The zero-order valence-electron chi connectivity index (χ0n) is 18.3. The first-order valence-electron chi connectivity index (χ1n) is 10.7. The molecule has 0 spiro atoms. The molecule has 0 unspecified atom stereocenters. The Bertz CT molecular complexity index is 1530. The van der Waals surface area contributed by atoms with Crippen LogP contribution in [0.15, 0.2) is 88.4 Å². The molecule has 0 bridgehead atoms. The smallest absolute Gasteiger partial charge is 0.293 e. The number of imide groups is 1. The molecule has 3 aromatic carbocycles. The Morgan fingerprint density at radius 2 is 1.60 bits per heavy atom. The Hall–Kier alpha value is -3.69. The second kappa shape index (κ2) is 9.52. The molecule has 0 aliphatic carbocycles. The fraction of sp³-hybridized carbons (Fsp3) is 0.0769. The second-order valence-corrected chi connectivity index (χ2v) is 9.82. The number of thioether (sulfide) groups is 1. The summed E-state index contributed by atoms with van der Waals surface area (Å²) in [6.07, 6.45) is 3.59. The number of carbonyl (C=O) groups excluding carboxylic acids is 2. The van der Waals surface area contributed by atoms with Crippen LogP contribution in [-0.4, -0.2) is 25.5 Å². The van der Waals surface area contributed by atoms with Crippen LogP contribution in [0.1, 0.15) is 16.7 Å². The van der Waals surface area contributed by atoms with Crippen molar-refractivity contribution in [1.82, 2.24) is 9.47 Å². The van der Waals surface area contributed by atoms with Crippen molar-refractivity contribution in [2.75, 3.05) is 0 Å². The molecule has 2 heterocycles. The summed E-state index contributed by atoms with van der Waals surface area (Å²) in [5.41, 5.74) is 3.13. The third kappa shape index (κ3) is 4.52. The maximum atomic E-state index is 13.1. The van der Waals surface area contributed by atoms with Gasteiger partial charge in [-0.1, -0.05) is 70.5 Å². The van der Waals surface area contributed by atoms with Crippen LogP contribution in [0.4, 0.5) is 10.5 Å². The SMILES string of the molecule is O=C1S/C(=C\c2cn(Cc3ccccc3[N+](=O)[O-])c3ccccc23)C(=O)N1Cc1ccccc1Br. The van der Waals surface area contributed by atoms with E-state index >= 15 is 0 Å². The third-order valence-electron chi connectivity index (χ3n) is 5.79. The molecule has 1 fully saturated rings. The second-order valence-electron chi connectivity index (χ2n) is 7.97. The number of fused-ring (bicyclic) bond motifs is 1. The lowest BCUT2D eigenvalue weighted by Crippen LogP contribution is -2.27. The van der Waals surface area contributed by atoms with Crippen LogP contribution in [0.5, 0.6) is 0 Å². The molecule has 5 rings (SSSR count). The lowest BCUT2D eigenvalue weighted by molar-refractivity contribution is -0.385. The van der Waals surface area contributed by atoms with Gasteiger partial charge in [-0.25, -0.2) is 0 Å². The summed E-state index contributed by atoms with van der Waals surface area (Å²) in [6, 6.07) is 21.8. The van der Waals surface area contributed by atoms with Crippen molar-refractivity contribution in [3.8, 4) is 0 Å². The number of amides is 2. The number of carbonyl (C=O) groups is 2. The summed E-state index contributed by atoms with van der Waals surface area (Å²) in [7, 11) is 0. The average molecular weight is 548 g/mol. The van der Waals surface area contributed by atoms with Crippen LogP contribution in [0, 0.1) is 10.1 Å². The van der Waals surface area contributed by atoms with E-state index in [1.54, 1.807) is 24.3 Å². The molecule has 9 heteroatoms. The number of hydrogen-bond acceptors (Lipinski definition) is 5. The molecular formula is C26H18BrN3O4S. The Morgan fingerprint density at radius 1 is 0.914 bits per heavy atom. The predicted octanol–water partition coefficient (Wildman–Crippen LogP) is 6.60. The molecule has 1 aliphatic heterocycles. The number of rotatable bonds is 6. The van der Waals surface area contributed by atoms with Crippen molar-refractivity contribution in [2.45, 2.75) is 13.1 Å². The molecule has 4 aromatic rings. The summed E-state index contributed by atoms with van der Waals surface area (Å²) in [5.74, 6) is -0.341. The highest BCUT2D eigenvalue weighted by Gasteiger charge is 2.35. The van der Waals surface area contributed by atoms with Gasteiger partial charge in [0.2, 0.25) is 0 Å². The number of benzene rings is 3. The number of aromatic nitrogens is 1. The van der Waals surface area contributed by atoms with Gasteiger partial charge in [0, 0.05) is 38.8 Å². The summed E-state index contributed by atoms with van der Waals surface area (Å²) in [6.45, 7) is 0.484. The van der Waals surface area contributed by atoms with Crippen molar-refractivity contribution in [2.24, 2.45) is 0 Å². The van der Waals surface area contributed by atoms with E-state index in [0.29, 0.717) is 17.0 Å². The standard InChI is InChI=1S/C26H18BrN3O4S/c27-21-10-4-1-7-17(21)16-29-25(31)24(35-26(29)32)13-19-15-28(23-12-6-3-9-20(19)23)14-18-8-2-5-11-22(18)30(33)34/h1-13,15H,14,16H2/b24-13-. The Balaban J connectivity index is 1.49. The highest BCUT2D eigenvalue weighted by atomic mass is 79.9. The fourth-order valence-electron chi connectivity index (χ4n) is 4.10. The van der Waals surface area contributed by atoms with Gasteiger partial charge in [-0.05, 0) is 35.5 Å². The van der Waals surface area contributed by atoms with E-state index in [9.17, 15) is 19.7 Å². The number of nitro benzene ring substituents is 1. The van der Waals surface area contributed by atoms with Gasteiger partial charge in [0.25, 0.3) is 16.8 Å². The van der Waals surface area contributed by atoms with Crippen LogP contribution in [0.25, 0.3) is 17.0 Å². The highest BCUT2D eigenvalue weighted by molar-refractivity contribution is 9.10. The first-order chi connectivity index (χ1) is 16.9. The minimum atomic E-state index is -0.386. The number of nitrogens with zero attached hydrogens (tertiary/aromatic N) is 3. The van der Waals surface area contributed by atoms with E-state index in [1.165, 1.54) is 11.0 Å². The van der Waals surface area contributed by atoms with Crippen molar-refractivity contribution >= 4 is 61.5 Å². The third-order valence-corrected chi connectivity index (χ3v) is 7.48. The largest absolute Gasteiger partial charge is 0.342 e. The number of nitro groups is 1. The Kier molecular flexibility index (Phi) is 6.27. The van der Waals surface area contributed by atoms with Crippen LogP contribution in [-0.2, 0) is 17.9 Å². The molecule has 0 saturated carbocycles. The first kappa shape index (κ1) is 23.1. The number of hydrogen-bond donors (Lipinski definition) is 0. The van der Waals surface area contributed by atoms with Crippen LogP contribution >= 0.6 is 27.7 Å². The van der Waals surface area contributed by atoms with Gasteiger partial charge in [-0.3, -0.25) is 24.6 Å². The van der Waals surface area contributed by atoms with E-state index in [0.717, 1.165) is 38.3 Å². The lowest BCUT2D eigenvalue weighted by atomic mass is 10.1. The van der Waals surface area contributed by atoms with Crippen LogP contribution < -0.4 is 0 Å². The number of halogens is 1. The zero-order valence-corrected chi connectivity index (χ0v) is 20.7. The maximum absolute atomic E-state index is 13.1. The average Bonchev–Trinajstić information content (AvgIpc) is 3.32. The molecule has 0 N–H and O–H groups in total. The predicted molar refractivity (Wildman–Crippen MR) is 140 cm³/mol. The van der Waals surface area contributed by atoms with Crippen molar-refractivity contribution in [3.63, 3.8) is 0 Å². The molecule has 1 saturated heterocycles. The molecule has 2 amide bonds. The molecule has 1 aromatic heterocycles. The van der Waals surface area contributed by atoms with Crippen molar-refractivity contribution in [1.29, 1.82) is 0 Å². The fourth-order valence-corrected chi connectivity index (χ4v) is 5.34. The van der Waals surface area contributed by atoms with Gasteiger partial charge in [0.05, 0.1) is 22.9 Å². The summed E-state index contributed by atoms with van der Waals surface area (Å²) < 4.78 is 2.76. The topological polar surface area (TPSA) is 85.5 Å². The highest BCUT2D eigenvalue weighted by Crippen LogP contribution is 2.36. The van der Waals surface area contributed by atoms with Crippen LogP contribution in [0.2, 0.25) is 0 Å². The Morgan fingerprint density at radius 3 is 2.37 bits per heavy atom. The quantitative estimate of drug-likeness (QED) is 0.154. The van der Waals surface area contributed by atoms with Gasteiger partial charge in [-0.2, -0.15) is 0 Å². The van der Waals surface area contributed by atoms with E-state index < -0.39 is 0 Å². The van der Waals surface area contributed by atoms with Gasteiger partial charge >= 0.3 is 0 Å². The van der Waals surface area contributed by atoms with Gasteiger partial charge in [0.15, 0.2) is 0 Å². The summed E-state index contributed by atoms with van der Waals surface area (Å²) in [5, 5.41) is 12.0. The molecule has 7 nitrogen and oxygen atoms in total. The minimum absolute atomic E-state index is 0.0556.